The van der Waals surface area contributed by atoms with Gasteiger partial charge in [-0.05, 0) is 18.2 Å². The molecule has 0 radical (unpaired) electrons. The van der Waals surface area contributed by atoms with Gasteiger partial charge in [0.05, 0.1) is 24.8 Å². The number of benzene rings is 1. The first kappa shape index (κ1) is 12.0. The summed E-state index contributed by atoms with van der Waals surface area (Å²) in [7, 11) is 3.54. The molecule has 90 valence electrons. The molecule has 0 aliphatic rings. The molecular formula is C12H14ClN3O. The first-order valence-electron chi connectivity index (χ1n) is 5.21. The first-order valence-corrected chi connectivity index (χ1v) is 5.59. The maximum atomic E-state index is 6.00. The molecule has 1 aromatic carbocycles. The minimum Gasteiger partial charge on any atom is -0.496 e. The highest BCUT2D eigenvalue weighted by Gasteiger charge is 2.14. The third-order valence-corrected chi connectivity index (χ3v) is 2.90. The number of hydrogen-bond acceptors (Lipinski definition) is 3. The molecular weight excluding hydrogens is 238 g/mol. The van der Waals surface area contributed by atoms with Gasteiger partial charge in [0.15, 0.2) is 0 Å². The molecule has 0 aliphatic carbocycles. The molecule has 0 spiro atoms. The van der Waals surface area contributed by atoms with Gasteiger partial charge in [0.25, 0.3) is 0 Å². The van der Waals surface area contributed by atoms with Crippen molar-refractivity contribution in [1.82, 2.24) is 9.55 Å². The zero-order chi connectivity index (χ0) is 12.4. The Labute approximate surface area is 105 Å². The zero-order valence-electron chi connectivity index (χ0n) is 9.77. The molecule has 4 nitrogen and oxygen atoms in total. The number of aryl methyl sites for hydroxylation is 1. The van der Waals surface area contributed by atoms with E-state index in [4.69, 9.17) is 22.1 Å². The van der Waals surface area contributed by atoms with Crippen LogP contribution in [0, 0.1) is 0 Å². The Balaban J connectivity index is 2.62. The molecule has 1 aromatic heterocycles. The zero-order valence-corrected chi connectivity index (χ0v) is 10.5. The fraction of sp³-hybridized carbons (Fsp3) is 0.250. The van der Waals surface area contributed by atoms with Crippen molar-refractivity contribution >= 4 is 11.6 Å². The van der Waals surface area contributed by atoms with Crippen molar-refractivity contribution in [3.05, 3.63) is 35.2 Å². The van der Waals surface area contributed by atoms with E-state index < -0.39 is 0 Å². The van der Waals surface area contributed by atoms with Crippen molar-refractivity contribution in [2.75, 3.05) is 7.11 Å². The van der Waals surface area contributed by atoms with Crippen LogP contribution in [0.2, 0.25) is 5.02 Å². The second kappa shape index (κ2) is 4.77. The molecule has 0 amide bonds. The smallest absolute Gasteiger partial charge is 0.128 e. The van der Waals surface area contributed by atoms with Gasteiger partial charge in [-0.15, -0.1) is 0 Å². The topological polar surface area (TPSA) is 53.1 Å². The van der Waals surface area contributed by atoms with E-state index in [1.165, 1.54) is 0 Å². The average Bonchev–Trinajstić information content (AvgIpc) is 2.70. The second-order valence-electron chi connectivity index (χ2n) is 3.70. The summed E-state index contributed by atoms with van der Waals surface area (Å²) in [6, 6.07) is 5.45. The summed E-state index contributed by atoms with van der Waals surface area (Å²) in [4.78, 5) is 4.35. The van der Waals surface area contributed by atoms with E-state index in [0.717, 1.165) is 22.7 Å². The van der Waals surface area contributed by atoms with Crippen LogP contribution in [0.1, 0.15) is 5.69 Å². The maximum Gasteiger partial charge on any atom is 0.128 e. The number of nitrogens with two attached hydrogens (primary N) is 1. The van der Waals surface area contributed by atoms with Gasteiger partial charge in [-0.2, -0.15) is 0 Å². The summed E-state index contributed by atoms with van der Waals surface area (Å²) < 4.78 is 7.21. The number of rotatable bonds is 3. The van der Waals surface area contributed by atoms with Crippen LogP contribution in [0.15, 0.2) is 24.5 Å². The summed E-state index contributed by atoms with van der Waals surface area (Å²) in [6.07, 6.45) is 1.73. The van der Waals surface area contributed by atoms with Gasteiger partial charge in [-0.1, -0.05) is 11.6 Å². The Hall–Kier alpha value is -1.52. The van der Waals surface area contributed by atoms with Gasteiger partial charge in [-0.3, -0.25) is 0 Å². The van der Waals surface area contributed by atoms with Crippen LogP contribution in [0.25, 0.3) is 11.3 Å². The number of ether oxygens (including phenoxy) is 1. The number of imidazole rings is 1. The minimum atomic E-state index is 0.418. The van der Waals surface area contributed by atoms with Crippen molar-refractivity contribution in [3.63, 3.8) is 0 Å². The van der Waals surface area contributed by atoms with Gasteiger partial charge >= 0.3 is 0 Å². The third kappa shape index (κ3) is 2.14. The van der Waals surface area contributed by atoms with Crippen LogP contribution in [0.4, 0.5) is 0 Å². The summed E-state index contributed by atoms with van der Waals surface area (Å²) in [6.45, 7) is 0.418. The molecule has 0 atom stereocenters. The predicted molar refractivity (Wildman–Crippen MR) is 68.1 cm³/mol. The molecule has 0 unspecified atom stereocenters. The summed E-state index contributed by atoms with van der Waals surface area (Å²) >= 11 is 6.00. The highest BCUT2D eigenvalue weighted by Crippen LogP contribution is 2.33. The largest absolute Gasteiger partial charge is 0.496 e. The molecule has 0 aliphatic heterocycles. The van der Waals surface area contributed by atoms with Crippen LogP contribution in [0.5, 0.6) is 5.75 Å². The molecule has 17 heavy (non-hydrogen) atoms. The highest BCUT2D eigenvalue weighted by atomic mass is 35.5. The predicted octanol–water partition coefficient (Wildman–Crippen LogP) is 2.21. The lowest BCUT2D eigenvalue weighted by atomic mass is 10.1. The monoisotopic (exact) mass is 251 g/mol. The lowest BCUT2D eigenvalue weighted by Crippen LogP contribution is -2.04. The fourth-order valence-corrected chi connectivity index (χ4v) is 1.96. The molecule has 0 saturated heterocycles. The van der Waals surface area contributed by atoms with Crippen molar-refractivity contribution in [2.45, 2.75) is 6.54 Å². The number of halogens is 1. The van der Waals surface area contributed by atoms with E-state index in [-0.39, 0.29) is 0 Å². The number of hydrogen-bond donors (Lipinski definition) is 1. The molecule has 5 heteroatoms. The van der Waals surface area contributed by atoms with Crippen LogP contribution in [-0.4, -0.2) is 16.7 Å². The van der Waals surface area contributed by atoms with Crippen molar-refractivity contribution in [1.29, 1.82) is 0 Å². The number of methoxy groups -OCH3 is 1. The molecule has 2 aromatic rings. The fourth-order valence-electron chi connectivity index (χ4n) is 1.79. The quantitative estimate of drug-likeness (QED) is 0.910. The Kier molecular flexibility index (Phi) is 3.36. The average molecular weight is 252 g/mol. The Morgan fingerprint density at radius 2 is 2.24 bits per heavy atom. The summed E-state index contributed by atoms with van der Waals surface area (Å²) in [5.41, 5.74) is 8.35. The molecule has 2 N–H and O–H groups in total. The van der Waals surface area contributed by atoms with Gasteiger partial charge in [0, 0.05) is 24.2 Å². The van der Waals surface area contributed by atoms with Crippen LogP contribution >= 0.6 is 11.6 Å². The maximum absolute atomic E-state index is 6.00. The van der Waals surface area contributed by atoms with E-state index in [1.807, 2.05) is 23.7 Å². The van der Waals surface area contributed by atoms with Crippen LogP contribution < -0.4 is 10.5 Å². The van der Waals surface area contributed by atoms with E-state index >= 15 is 0 Å². The molecule has 0 bridgehead atoms. The van der Waals surface area contributed by atoms with Crippen molar-refractivity contribution in [2.24, 2.45) is 12.8 Å². The van der Waals surface area contributed by atoms with E-state index in [9.17, 15) is 0 Å². The SMILES string of the molecule is COc1ccc(Cl)cc1-c1ncn(C)c1CN. The Morgan fingerprint density at radius 3 is 2.88 bits per heavy atom. The first-order chi connectivity index (χ1) is 8.17. The highest BCUT2D eigenvalue weighted by molar-refractivity contribution is 6.31. The molecule has 2 rings (SSSR count). The molecule has 1 heterocycles. The molecule has 0 saturated carbocycles. The van der Waals surface area contributed by atoms with Gasteiger partial charge < -0.3 is 15.0 Å². The van der Waals surface area contributed by atoms with Crippen LogP contribution in [0.3, 0.4) is 0 Å². The summed E-state index contributed by atoms with van der Waals surface area (Å²) in [5, 5.41) is 0.648. The lowest BCUT2D eigenvalue weighted by Gasteiger charge is -2.09. The Bertz CT molecular complexity index is 537. The number of nitrogens with zero attached hydrogens (tertiary/aromatic N) is 2. The van der Waals surface area contributed by atoms with Gasteiger partial charge in [0.2, 0.25) is 0 Å². The van der Waals surface area contributed by atoms with Crippen molar-refractivity contribution in [3.8, 4) is 17.0 Å². The van der Waals surface area contributed by atoms with Crippen LogP contribution in [-0.2, 0) is 13.6 Å². The van der Waals surface area contributed by atoms with Crippen molar-refractivity contribution < 1.29 is 4.74 Å². The third-order valence-electron chi connectivity index (χ3n) is 2.67. The van der Waals surface area contributed by atoms with E-state index in [0.29, 0.717) is 11.6 Å². The summed E-state index contributed by atoms with van der Waals surface area (Å²) in [5.74, 6) is 0.739. The number of aromatic nitrogens is 2. The lowest BCUT2D eigenvalue weighted by molar-refractivity contribution is 0.416. The van der Waals surface area contributed by atoms with Gasteiger partial charge in [0.1, 0.15) is 5.75 Å². The second-order valence-corrected chi connectivity index (χ2v) is 4.14. The minimum absolute atomic E-state index is 0.418. The van der Waals surface area contributed by atoms with E-state index in [1.54, 1.807) is 19.5 Å². The standard InChI is InChI=1S/C12H14ClN3O/c1-16-7-15-12(10(16)6-14)9-5-8(13)3-4-11(9)17-2/h3-5,7H,6,14H2,1-2H3. The van der Waals surface area contributed by atoms with Gasteiger partial charge in [-0.25, -0.2) is 4.98 Å². The molecule has 0 fully saturated rings. The Morgan fingerprint density at radius 1 is 1.47 bits per heavy atom. The normalized spacial score (nSPS) is 10.6. The van der Waals surface area contributed by atoms with E-state index in [2.05, 4.69) is 4.98 Å².